The van der Waals surface area contributed by atoms with Crippen LogP contribution in [0.15, 0.2) is 48.9 Å². The summed E-state index contributed by atoms with van der Waals surface area (Å²) in [5.74, 6) is -0.204. The molecule has 146 valence electrons. The number of imidazole rings is 1. The Balaban J connectivity index is 2.15. The van der Waals surface area contributed by atoms with Crippen LogP contribution in [0.2, 0.25) is 0 Å². The fourth-order valence-electron chi connectivity index (χ4n) is 2.96. The van der Waals surface area contributed by atoms with E-state index in [0.717, 1.165) is 16.8 Å². The first kappa shape index (κ1) is 19.5. The molecule has 28 heavy (non-hydrogen) atoms. The van der Waals surface area contributed by atoms with Crippen molar-refractivity contribution in [1.29, 1.82) is 0 Å². The van der Waals surface area contributed by atoms with Crippen LogP contribution in [-0.4, -0.2) is 41.0 Å². The van der Waals surface area contributed by atoms with Gasteiger partial charge in [0.15, 0.2) is 11.4 Å². The van der Waals surface area contributed by atoms with E-state index in [2.05, 4.69) is 10.3 Å². The Morgan fingerprint density at radius 3 is 2.61 bits per heavy atom. The number of carbonyl (C=O) groups excluding carboxylic acids is 1. The molecular formula is C20H22FN5O2. The zero-order valence-corrected chi connectivity index (χ0v) is 16.0. The van der Waals surface area contributed by atoms with Gasteiger partial charge in [0.25, 0.3) is 0 Å². The summed E-state index contributed by atoms with van der Waals surface area (Å²) in [6.45, 7) is 2.72. The number of benzene rings is 1. The van der Waals surface area contributed by atoms with Gasteiger partial charge in [-0.25, -0.2) is 18.7 Å². The van der Waals surface area contributed by atoms with Crippen molar-refractivity contribution in [2.75, 3.05) is 26.0 Å². The third-order valence-electron chi connectivity index (χ3n) is 4.22. The van der Waals surface area contributed by atoms with E-state index in [1.165, 1.54) is 25.4 Å². The molecule has 7 nitrogen and oxygen atoms in total. The van der Waals surface area contributed by atoms with Crippen LogP contribution in [-0.2, 0) is 11.3 Å². The summed E-state index contributed by atoms with van der Waals surface area (Å²) in [7, 11) is 3.91. The molecule has 0 saturated carbocycles. The van der Waals surface area contributed by atoms with Gasteiger partial charge in [-0.2, -0.15) is 0 Å². The number of likely N-dealkylation sites (N-methyl/N-ethyl adjacent to an activating group) is 1. The van der Waals surface area contributed by atoms with Crippen molar-refractivity contribution in [1.82, 2.24) is 14.5 Å². The van der Waals surface area contributed by atoms with Crippen molar-refractivity contribution in [2.45, 2.75) is 13.5 Å². The summed E-state index contributed by atoms with van der Waals surface area (Å²) in [6, 6.07) is 9.30. The van der Waals surface area contributed by atoms with Crippen molar-refractivity contribution < 1.29 is 13.9 Å². The second-order valence-corrected chi connectivity index (χ2v) is 6.75. The molecule has 2 aromatic heterocycles. The first-order valence-corrected chi connectivity index (χ1v) is 8.82. The van der Waals surface area contributed by atoms with Crippen molar-refractivity contribution in [3.63, 3.8) is 0 Å². The Kier molecular flexibility index (Phi) is 5.70. The second kappa shape index (κ2) is 8.18. The number of nitrogens with one attached hydrogen (secondary N) is 1. The van der Waals surface area contributed by atoms with E-state index in [-0.39, 0.29) is 11.7 Å². The molecule has 0 saturated heterocycles. The van der Waals surface area contributed by atoms with Gasteiger partial charge in [0.1, 0.15) is 18.2 Å². The van der Waals surface area contributed by atoms with Crippen molar-refractivity contribution in [2.24, 2.45) is 0 Å². The smallest absolute Gasteiger partial charge is 0.247 e. The lowest BCUT2D eigenvalue weighted by molar-refractivity contribution is -0.593. The standard InChI is InChI=1S/C20H22FN5O2/c1-14(27)23-18-12-16(8-9-22-18)19-20(15-4-6-17(21)7-5-15)26(28)13-25(19)11-10-24(2)3/h4-9,12-13H,10-11H2,1-3H3,(H,22,23,27). The van der Waals surface area contributed by atoms with E-state index < -0.39 is 0 Å². The van der Waals surface area contributed by atoms with E-state index in [1.54, 1.807) is 30.5 Å². The van der Waals surface area contributed by atoms with Crippen LogP contribution >= 0.6 is 0 Å². The van der Waals surface area contributed by atoms with E-state index in [1.807, 2.05) is 23.6 Å². The van der Waals surface area contributed by atoms with Gasteiger partial charge in [-0.3, -0.25) is 4.79 Å². The molecule has 0 spiro atoms. The average Bonchev–Trinajstić information content (AvgIpc) is 2.96. The van der Waals surface area contributed by atoms with Gasteiger partial charge in [-0.1, -0.05) is 0 Å². The number of nitrogens with zero attached hydrogens (tertiary/aromatic N) is 4. The maximum Gasteiger partial charge on any atom is 0.247 e. The molecule has 0 fully saturated rings. The molecule has 1 amide bonds. The molecule has 0 radical (unpaired) electrons. The number of amides is 1. The van der Waals surface area contributed by atoms with E-state index >= 15 is 0 Å². The van der Waals surface area contributed by atoms with E-state index in [9.17, 15) is 14.4 Å². The molecule has 0 aliphatic carbocycles. The first-order chi connectivity index (χ1) is 13.3. The minimum absolute atomic E-state index is 0.231. The summed E-state index contributed by atoms with van der Waals surface area (Å²) >= 11 is 0. The number of carbonyl (C=O) groups is 1. The summed E-state index contributed by atoms with van der Waals surface area (Å²) < 4.78 is 16.0. The van der Waals surface area contributed by atoms with Crippen LogP contribution < -0.4 is 10.0 Å². The highest BCUT2D eigenvalue weighted by molar-refractivity contribution is 5.88. The van der Waals surface area contributed by atoms with Gasteiger partial charge >= 0.3 is 0 Å². The molecule has 1 aromatic carbocycles. The zero-order valence-electron chi connectivity index (χ0n) is 16.0. The minimum Gasteiger partial charge on any atom is -0.710 e. The Bertz CT molecular complexity index is 983. The maximum atomic E-state index is 13.4. The highest BCUT2D eigenvalue weighted by Gasteiger charge is 2.24. The average molecular weight is 383 g/mol. The predicted octanol–water partition coefficient (Wildman–Crippen LogP) is 2.51. The molecule has 1 N–H and O–H groups in total. The van der Waals surface area contributed by atoms with Crippen LogP contribution in [0.3, 0.4) is 0 Å². The quantitative estimate of drug-likeness (QED) is 0.524. The molecular weight excluding hydrogens is 361 g/mol. The fraction of sp³-hybridized carbons (Fsp3) is 0.250. The van der Waals surface area contributed by atoms with Crippen LogP contribution in [0.25, 0.3) is 22.5 Å². The highest BCUT2D eigenvalue weighted by atomic mass is 19.1. The first-order valence-electron chi connectivity index (χ1n) is 8.82. The summed E-state index contributed by atoms with van der Waals surface area (Å²) in [5.41, 5.74) is 2.43. The van der Waals surface area contributed by atoms with E-state index in [4.69, 9.17) is 0 Å². The van der Waals surface area contributed by atoms with E-state index in [0.29, 0.717) is 29.3 Å². The monoisotopic (exact) mass is 383 g/mol. The lowest BCUT2D eigenvalue weighted by Gasteiger charge is -2.10. The Morgan fingerprint density at radius 2 is 1.96 bits per heavy atom. The third kappa shape index (κ3) is 4.34. The lowest BCUT2D eigenvalue weighted by Crippen LogP contribution is -2.26. The van der Waals surface area contributed by atoms with Gasteiger partial charge < -0.3 is 15.4 Å². The molecule has 0 unspecified atom stereocenters. The molecule has 3 aromatic rings. The number of halogens is 1. The molecule has 0 aliphatic heterocycles. The SMILES string of the molecule is CC(=O)Nc1cc(-c2c(-c3ccc(F)cc3)[n+]([O-])cn2CCN(C)C)ccn1. The maximum absolute atomic E-state index is 13.4. The van der Waals surface area contributed by atoms with Gasteiger partial charge in [0.05, 0.1) is 0 Å². The predicted molar refractivity (Wildman–Crippen MR) is 105 cm³/mol. The Hall–Kier alpha value is -3.26. The summed E-state index contributed by atoms with van der Waals surface area (Å²) in [6.07, 6.45) is 3.06. The Labute approximate surface area is 162 Å². The summed E-state index contributed by atoms with van der Waals surface area (Å²) in [5, 5.41) is 15.4. The lowest BCUT2D eigenvalue weighted by atomic mass is 10.1. The third-order valence-corrected chi connectivity index (χ3v) is 4.22. The van der Waals surface area contributed by atoms with Crippen LogP contribution in [0, 0.1) is 11.0 Å². The van der Waals surface area contributed by atoms with Gasteiger partial charge in [0, 0.05) is 30.8 Å². The minimum atomic E-state index is -0.369. The molecule has 2 heterocycles. The Morgan fingerprint density at radius 1 is 1.25 bits per heavy atom. The van der Waals surface area contributed by atoms with Crippen molar-refractivity contribution >= 4 is 11.7 Å². The van der Waals surface area contributed by atoms with Gasteiger partial charge in [-0.15, -0.1) is 0 Å². The highest BCUT2D eigenvalue weighted by Crippen LogP contribution is 2.31. The van der Waals surface area contributed by atoms with Crippen LogP contribution in [0.4, 0.5) is 10.2 Å². The summed E-state index contributed by atoms with van der Waals surface area (Å²) in [4.78, 5) is 17.5. The number of rotatable bonds is 6. The van der Waals surface area contributed by atoms with Crippen molar-refractivity contribution in [3.8, 4) is 22.5 Å². The molecule has 0 bridgehead atoms. The number of anilines is 1. The number of hydrogen-bond acceptors (Lipinski definition) is 4. The number of hydrogen-bond donors (Lipinski definition) is 1. The molecule has 0 aliphatic rings. The molecule has 8 heteroatoms. The topological polar surface area (TPSA) is 77.1 Å². The molecule has 0 atom stereocenters. The second-order valence-electron chi connectivity index (χ2n) is 6.75. The number of aromatic nitrogens is 3. The zero-order chi connectivity index (χ0) is 20.3. The fourth-order valence-corrected chi connectivity index (χ4v) is 2.96. The van der Waals surface area contributed by atoms with Crippen LogP contribution in [0.5, 0.6) is 0 Å². The number of pyridine rings is 1. The van der Waals surface area contributed by atoms with Gasteiger partial charge in [-0.05, 0) is 50.5 Å². The molecule has 3 rings (SSSR count). The van der Waals surface area contributed by atoms with Crippen molar-refractivity contribution in [3.05, 3.63) is 59.9 Å². The normalized spacial score (nSPS) is 11.0. The van der Waals surface area contributed by atoms with Gasteiger partial charge in [0.2, 0.25) is 12.2 Å². The largest absolute Gasteiger partial charge is 0.710 e. The van der Waals surface area contributed by atoms with Crippen LogP contribution in [0.1, 0.15) is 6.92 Å².